The summed E-state index contributed by atoms with van der Waals surface area (Å²) in [6.45, 7) is 7.24. The lowest BCUT2D eigenvalue weighted by atomic mass is 9.88. The quantitative estimate of drug-likeness (QED) is 0.905. The van der Waals surface area contributed by atoms with Crippen molar-refractivity contribution in [3.63, 3.8) is 0 Å². The van der Waals surface area contributed by atoms with E-state index in [9.17, 15) is 4.79 Å². The van der Waals surface area contributed by atoms with Crippen LogP contribution in [0.15, 0.2) is 24.5 Å². The number of nitrogens with one attached hydrogen (secondary N) is 1. The Balaban J connectivity index is 1.30. The molecule has 140 valence electrons. The predicted octanol–water partition coefficient (Wildman–Crippen LogP) is 1.88. The lowest BCUT2D eigenvalue weighted by Gasteiger charge is -2.40. The lowest BCUT2D eigenvalue weighted by Crippen LogP contribution is -2.47. The minimum atomic E-state index is -0.172. The maximum Gasteiger partial charge on any atom is 0.271 e. The van der Waals surface area contributed by atoms with Crippen molar-refractivity contribution in [2.75, 3.05) is 19.6 Å². The van der Waals surface area contributed by atoms with Crippen LogP contribution >= 0.6 is 0 Å². The maximum absolute atomic E-state index is 12.4. The Hall–Kier alpha value is -1.99. The lowest BCUT2D eigenvalue weighted by molar-refractivity contribution is -0.0788. The van der Waals surface area contributed by atoms with E-state index >= 15 is 0 Å². The summed E-state index contributed by atoms with van der Waals surface area (Å²) in [4.78, 5) is 19.1. The molecule has 26 heavy (non-hydrogen) atoms. The summed E-state index contributed by atoms with van der Waals surface area (Å²) in [5.41, 5.74) is 1.08. The molecule has 1 N–H and O–H groups in total. The van der Waals surface area contributed by atoms with Crippen molar-refractivity contribution in [2.24, 2.45) is 0 Å². The van der Waals surface area contributed by atoms with E-state index in [2.05, 4.69) is 34.1 Å². The van der Waals surface area contributed by atoms with E-state index in [4.69, 9.17) is 4.74 Å². The van der Waals surface area contributed by atoms with Crippen LogP contribution in [0, 0.1) is 0 Å². The van der Waals surface area contributed by atoms with Crippen molar-refractivity contribution in [3.05, 3.63) is 30.2 Å². The first kappa shape index (κ1) is 17.4. The van der Waals surface area contributed by atoms with Gasteiger partial charge in [-0.15, -0.1) is 0 Å². The number of piperidine rings is 1. The van der Waals surface area contributed by atoms with Crippen LogP contribution in [0.2, 0.25) is 0 Å². The number of hydrogen-bond acceptors (Lipinski definition) is 5. The topological polar surface area (TPSA) is 71.8 Å². The molecule has 7 heteroatoms. The van der Waals surface area contributed by atoms with Gasteiger partial charge in [0, 0.05) is 44.1 Å². The molecule has 7 nitrogen and oxygen atoms in total. The number of nitrogens with zero attached hydrogens (tertiary/aromatic N) is 4. The number of ether oxygens (including phenoxy) is 1. The molecular formula is C19H27N5O2. The number of carbonyl (C=O) groups is 1. The molecule has 0 aromatic carbocycles. The Morgan fingerprint density at radius 3 is 2.92 bits per heavy atom. The number of likely N-dealkylation sites (tertiary alicyclic amines) is 1. The summed E-state index contributed by atoms with van der Waals surface area (Å²) in [6.07, 6.45) is 7.86. The van der Waals surface area contributed by atoms with Gasteiger partial charge in [-0.25, -0.2) is 9.50 Å². The van der Waals surface area contributed by atoms with Gasteiger partial charge in [0.05, 0.1) is 11.7 Å². The fourth-order valence-electron chi connectivity index (χ4n) is 4.09. The summed E-state index contributed by atoms with van der Waals surface area (Å²) in [6, 6.07) is 4.09. The summed E-state index contributed by atoms with van der Waals surface area (Å²) in [5, 5.41) is 7.23. The fraction of sp³-hybridized carbons (Fsp3) is 0.632. The monoisotopic (exact) mass is 357 g/mol. The van der Waals surface area contributed by atoms with Crippen LogP contribution in [0.5, 0.6) is 0 Å². The zero-order valence-electron chi connectivity index (χ0n) is 15.5. The molecule has 1 atom stereocenters. The number of aromatic nitrogens is 3. The van der Waals surface area contributed by atoms with Gasteiger partial charge >= 0.3 is 0 Å². The van der Waals surface area contributed by atoms with E-state index in [1.54, 1.807) is 29.0 Å². The molecule has 0 aliphatic carbocycles. The highest BCUT2D eigenvalue weighted by Crippen LogP contribution is 2.39. The third-order valence-electron chi connectivity index (χ3n) is 5.74. The molecule has 1 spiro atoms. The largest absolute Gasteiger partial charge is 0.370 e. The molecule has 0 saturated carbocycles. The van der Waals surface area contributed by atoms with Gasteiger partial charge in [0.1, 0.15) is 0 Å². The molecule has 4 heterocycles. The van der Waals surface area contributed by atoms with Crippen LogP contribution in [-0.2, 0) is 4.74 Å². The SMILES string of the molecule is CC(C)N1CCC2(CCC(CNC(=O)c3cc4ncccn4n3)O2)CC1. The molecule has 4 rings (SSSR count). The van der Waals surface area contributed by atoms with Crippen molar-refractivity contribution < 1.29 is 9.53 Å². The predicted molar refractivity (Wildman–Crippen MR) is 98.1 cm³/mol. The summed E-state index contributed by atoms with van der Waals surface area (Å²) in [7, 11) is 0. The van der Waals surface area contributed by atoms with Crippen molar-refractivity contribution in [3.8, 4) is 0 Å². The maximum atomic E-state index is 12.4. The standard InChI is InChI=1S/C19H27N5O2/c1-14(2)23-10-6-19(7-11-23)5-4-15(26-19)13-21-18(25)16-12-17-20-8-3-9-24(17)22-16/h3,8-9,12,14-15H,4-7,10-11,13H2,1-2H3,(H,21,25). The highest BCUT2D eigenvalue weighted by Gasteiger charge is 2.42. The smallest absolute Gasteiger partial charge is 0.271 e. The molecule has 2 aromatic rings. The molecule has 0 bridgehead atoms. The van der Waals surface area contributed by atoms with Crippen LogP contribution in [0.1, 0.15) is 50.0 Å². The van der Waals surface area contributed by atoms with E-state index in [1.807, 2.05) is 0 Å². The van der Waals surface area contributed by atoms with Crippen molar-refractivity contribution in [1.29, 1.82) is 0 Å². The van der Waals surface area contributed by atoms with E-state index < -0.39 is 0 Å². The van der Waals surface area contributed by atoms with Crippen molar-refractivity contribution in [2.45, 2.75) is 57.3 Å². The van der Waals surface area contributed by atoms with Crippen LogP contribution in [0.25, 0.3) is 5.65 Å². The zero-order valence-corrected chi connectivity index (χ0v) is 15.5. The second-order valence-electron chi connectivity index (χ2n) is 7.75. The van der Waals surface area contributed by atoms with Gasteiger partial charge in [-0.1, -0.05) is 0 Å². The molecule has 2 aromatic heterocycles. The highest BCUT2D eigenvalue weighted by atomic mass is 16.5. The minimum Gasteiger partial charge on any atom is -0.370 e. The molecule has 0 radical (unpaired) electrons. The normalized spacial score (nSPS) is 23.1. The van der Waals surface area contributed by atoms with Crippen LogP contribution in [-0.4, -0.2) is 62.8 Å². The molecule has 2 fully saturated rings. The van der Waals surface area contributed by atoms with Crippen LogP contribution in [0.4, 0.5) is 0 Å². The fourth-order valence-corrected chi connectivity index (χ4v) is 4.09. The van der Waals surface area contributed by atoms with Crippen molar-refractivity contribution in [1.82, 2.24) is 24.8 Å². The van der Waals surface area contributed by atoms with E-state index in [-0.39, 0.29) is 17.6 Å². The first-order valence-corrected chi connectivity index (χ1v) is 9.55. The highest BCUT2D eigenvalue weighted by molar-refractivity contribution is 5.93. The molecule has 1 unspecified atom stereocenters. The third kappa shape index (κ3) is 3.46. The second-order valence-corrected chi connectivity index (χ2v) is 7.75. The van der Waals surface area contributed by atoms with E-state index in [0.717, 1.165) is 38.8 Å². The van der Waals surface area contributed by atoms with Gasteiger partial charge in [-0.3, -0.25) is 4.79 Å². The number of hydrogen-bond donors (Lipinski definition) is 1. The third-order valence-corrected chi connectivity index (χ3v) is 5.74. The van der Waals surface area contributed by atoms with Crippen LogP contribution in [0.3, 0.4) is 0 Å². The summed E-state index contributed by atoms with van der Waals surface area (Å²) in [5.74, 6) is -0.172. The van der Waals surface area contributed by atoms with Gasteiger partial charge in [-0.05, 0) is 45.6 Å². The Morgan fingerprint density at radius 1 is 1.38 bits per heavy atom. The van der Waals surface area contributed by atoms with Crippen LogP contribution < -0.4 is 5.32 Å². The number of rotatable bonds is 4. The number of fused-ring (bicyclic) bond motifs is 1. The zero-order chi connectivity index (χ0) is 18.1. The van der Waals surface area contributed by atoms with Gasteiger partial charge in [0.2, 0.25) is 0 Å². The Labute approximate surface area is 153 Å². The Bertz CT molecular complexity index is 746. The van der Waals surface area contributed by atoms with Gasteiger partial charge in [0.25, 0.3) is 5.91 Å². The van der Waals surface area contributed by atoms with E-state index in [1.165, 1.54) is 0 Å². The minimum absolute atomic E-state index is 0.0216. The molecule has 2 saturated heterocycles. The average Bonchev–Trinajstić information content (AvgIpc) is 3.24. The molecular weight excluding hydrogens is 330 g/mol. The average molecular weight is 357 g/mol. The number of amides is 1. The first-order valence-electron chi connectivity index (χ1n) is 9.55. The Kier molecular flexibility index (Phi) is 4.67. The molecule has 1 amide bonds. The van der Waals surface area contributed by atoms with Gasteiger partial charge < -0.3 is 15.0 Å². The summed E-state index contributed by atoms with van der Waals surface area (Å²) >= 11 is 0. The molecule has 2 aliphatic rings. The number of carbonyl (C=O) groups excluding carboxylic acids is 1. The Morgan fingerprint density at radius 2 is 2.19 bits per heavy atom. The molecule has 2 aliphatic heterocycles. The second kappa shape index (κ2) is 6.96. The van der Waals surface area contributed by atoms with Crippen molar-refractivity contribution >= 4 is 11.6 Å². The van der Waals surface area contributed by atoms with Gasteiger partial charge in [-0.2, -0.15) is 5.10 Å². The summed E-state index contributed by atoms with van der Waals surface area (Å²) < 4.78 is 7.99. The first-order chi connectivity index (χ1) is 12.5. The van der Waals surface area contributed by atoms with E-state index in [0.29, 0.717) is 23.9 Å². The van der Waals surface area contributed by atoms with Gasteiger partial charge in [0.15, 0.2) is 11.3 Å².